The van der Waals surface area contributed by atoms with Gasteiger partial charge in [0.05, 0.1) is 5.69 Å². The van der Waals surface area contributed by atoms with E-state index in [1.165, 1.54) is 23.3 Å². The number of hydrogen-bond donors (Lipinski definition) is 1. The van der Waals surface area contributed by atoms with Crippen LogP contribution in [0.25, 0.3) is 0 Å². The number of anilines is 1. The Morgan fingerprint density at radius 3 is 3.00 bits per heavy atom. The van der Waals surface area contributed by atoms with Crippen LogP contribution < -0.4 is 5.73 Å². The number of aromatic nitrogens is 2. The summed E-state index contributed by atoms with van der Waals surface area (Å²) in [7, 11) is 0. The van der Waals surface area contributed by atoms with E-state index in [2.05, 4.69) is 25.8 Å². The fourth-order valence-electron chi connectivity index (χ4n) is 4.21. The highest BCUT2D eigenvalue weighted by Gasteiger charge is 2.38. The first-order chi connectivity index (χ1) is 12.6. The summed E-state index contributed by atoms with van der Waals surface area (Å²) in [4.78, 5) is 27.1. The molecule has 3 aliphatic heterocycles. The van der Waals surface area contributed by atoms with Gasteiger partial charge in [0.25, 0.3) is 5.91 Å². The average molecular weight is 372 g/mol. The molecule has 5 heterocycles. The van der Waals surface area contributed by atoms with E-state index in [1.807, 2.05) is 25.4 Å². The lowest BCUT2D eigenvalue weighted by molar-refractivity contribution is 0.0588. The van der Waals surface area contributed by atoms with E-state index >= 15 is 0 Å². The number of pyridine rings is 1. The zero-order chi connectivity index (χ0) is 18.1. The van der Waals surface area contributed by atoms with E-state index in [0.29, 0.717) is 11.0 Å². The Balaban J connectivity index is 1.52. The molecule has 2 N–H and O–H groups in total. The summed E-state index contributed by atoms with van der Waals surface area (Å²) in [6.45, 7) is 5.73. The Bertz CT molecular complexity index is 777. The standard InChI is InChI=1S/C19H25N5OS/c1-2-16-17(26-19(20)22-16)18(25)24-11-14-5-6-15(24)12-23(10-14)9-13-4-3-7-21-8-13/h3-4,7-8,14-15H,2,5-6,9-12H2,1H3,(H2,20,22)/t14-,15+/m1/s1. The molecule has 1 amide bonds. The van der Waals surface area contributed by atoms with Gasteiger partial charge in [-0.25, -0.2) is 4.98 Å². The van der Waals surface area contributed by atoms with Gasteiger partial charge in [0.1, 0.15) is 4.88 Å². The third-order valence-electron chi connectivity index (χ3n) is 5.42. The number of thiazole rings is 1. The van der Waals surface area contributed by atoms with E-state index in [-0.39, 0.29) is 11.9 Å². The third kappa shape index (κ3) is 3.46. The molecule has 138 valence electrons. The zero-order valence-corrected chi connectivity index (χ0v) is 15.9. The minimum Gasteiger partial charge on any atom is -0.375 e. The van der Waals surface area contributed by atoms with Crippen LogP contribution in [-0.2, 0) is 13.0 Å². The maximum absolute atomic E-state index is 13.2. The molecule has 2 aromatic rings. The highest BCUT2D eigenvalue weighted by Crippen LogP contribution is 2.32. The van der Waals surface area contributed by atoms with E-state index in [9.17, 15) is 4.79 Å². The van der Waals surface area contributed by atoms with Gasteiger partial charge in [0, 0.05) is 44.6 Å². The monoisotopic (exact) mass is 371 g/mol. The summed E-state index contributed by atoms with van der Waals surface area (Å²) in [5, 5.41) is 0.489. The van der Waals surface area contributed by atoms with Crippen LogP contribution in [0.2, 0.25) is 0 Å². The highest BCUT2D eigenvalue weighted by atomic mass is 32.1. The van der Waals surface area contributed by atoms with Crippen molar-refractivity contribution in [2.75, 3.05) is 25.4 Å². The zero-order valence-electron chi connectivity index (χ0n) is 15.1. The second-order valence-corrected chi connectivity index (χ2v) is 8.32. The molecule has 26 heavy (non-hydrogen) atoms. The predicted molar refractivity (Wildman–Crippen MR) is 103 cm³/mol. The van der Waals surface area contributed by atoms with Gasteiger partial charge in [-0.15, -0.1) is 0 Å². The topological polar surface area (TPSA) is 75.3 Å². The molecule has 5 rings (SSSR count). The lowest BCUT2D eigenvalue weighted by atomic mass is 9.94. The van der Waals surface area contributed by atoms with Gasteiger partial charge in [-0.3, -0.25) is 14.7 Å². The van der Waals surface area contributed by atoms with Crippen molar-refractivity contribution in [1.82, 2.24) is 19.8 Å². The number of piperidine rings is 1. The van der Waals surface area contributed by atoms with Gasteiger partial charge < -0.3 is 10.6 Å². The molecule has 3 saturated heterocycles. The summed E-state index contributed by atoms with van der Waals surface area (Å²) in [5.74, 6) is 0.652. The number of fused-ring (bicyclic) bond motifs is 4. The lowest BCUT2D eigenvalue weighted by Gasteiger charge is -2.36. The first-order valence-corrected chi connectivity index (χ1v) is 10.1. The highest BCUT2D eigenvalue weighted by molar-refractivity contribution is 7.17. The van der Waals surface area contributed by atoms with Crippen molar-refractivity contribution in [2.45, 2.75) is 38.8 Å². The van der Waals surface area contributed by atoms with E-state index in [0.717, 1.165) is 49.6 Å². The minimum absolute atomic E-state index is 0.119. The second kappa shape index (κ2) is 7.32. The molecule has 2 atom stereocenters. The van der Waals surface area contributed by atoms with Crippen LogP contribution in [0.5, 0.6) is 0 Å². The second-order valence-electron chi connectivity index (χ2n) is 7.29. The van der Waals surface area contributed by atoms with Crippen LogP contribution in [0.3, 0.4) is 0 Å². The van der Waals surface area contributed by atoms with E-state index < -0.39 is 0 Å². The molecule has 7 heteroatoms. The molecule has 0 saturated carbocycles. The molecule has 0 aromatic carbocycles. The molecule has 0 spiro atoms. The number of amides is 1. The third-order valence-corrected chi connectivity index (χ3v) is 6.34. The summed E-state index contributed by atoms with van der Waals surface area (Å²) in [5.41, 5.74) is 7.93. The van der Waals surface area contributed by atoms with Gasteiger partial charge in [-0.1, -0.05) is 24.3 Å². The fraction of sp³-hybridized carbons (Fsp3) is 0.526. The van der Waals surface area contributed by atoms with E-state index in [1.54, 1.807) is 0 Å². The number of hydrogen-bond acceptors (Lipinski definition) is 6. The molecule has 2 aromatic heterocycles. The number of aryl methyl sites for hydroxylation is 1. The molecule has 0 unspecified atom stereocenters. The molecule has 3 fully saturated rings. The normalized spacial score (nSPS) is 23.2. The van der Waals surface area contributed by atoms with Crippen molar-refractivity contribution in [2.24, 2.45) is 5.92 Å². The van der Waals surface area contributed by atoms with Gasteiger partial charge in [0.2, 0.25) is 0 Å². The SMILES string of the molecule is CCc1nc(N)sc1C(=O)N1C[C@@H]2CC[C@H]1CN(Cc1cccnc1)C2. The smallest absolute Gasteiger partial charge is 0.266 e. The fourth-order valence-corrected chi connectivity index (χ4v) is 5.09. The van der Waals surface area contributed by atoms with Crippen molar-refractivity contribution in [3.63, 3.8) is 0 Å². The van der Waals surface area contributed by atoms with Crippen molar-refractivity contribution in [1.29, 1.82) is 0 Å². The van der Waals surface area contributed by atoms with Gasteiger partial charge in [-0.2, -0.15) is 0 Å². The number of nitrogen functional groups attached to an aromatic ring is 1. The molecule has 0 aliphatic carbocycles. The number of carbonyl (C=O) groups is 1. The number of carbonyl (C=O) groups excluding carboxylic acids is 1. The molecule has 2 bridgehead atoms. The van der Waals surface area contributed by atoms with Gasteiger partial charge >= 0.3 is 0 Å². The summed E-state index contributed by atoms with van der Waals surface area (Å²) < 4.78 is 0. The number of nitrogens with two attached hydrogens (primary N) is 1. The average Bonchev–Trinajstić information content (AvgIpc) is 2.82. The van der Waals surface area contributed by atoms with Crippen LogP contribution in [0.15, 0.2) is 24.5 Å². The maximum atomic E-state index is 13.2. The Labute approximate surface area is 158 Å². The Morgan fingerprint density at radius 1 is 1.35 bits per heavy atom. The van der Waals surface area contributed by atoms with Crippen LogP contribution in [0.1, 0.15) is 40.7 Å². The Hall–Kier alpha value is -1.99. The molecule has 3 aliphatic rings. The molecular weight excluding hydrogens is 346 g/mol. The van der Waals surface area contributed by atoms with Crippen LogP contribution >= 0.6 is 11.3 Å². The first kappa shape index (κ1) is 17.4. The van der Waals surface area contributed by atoms with Gasteiger partial charge in [0.15, 0.2) is 5.13 Å². The van der Waals surface area contributed by atoms with E-state index in [4.69, 9.17) is 5.73 Å². The number of rotatable bonds is 4. The first-order valence-electron chi connectivity index (χ1n) is 9.31. The lowest BCUT2D eigenvalue weighted by Crippen LogP contribution is -2.47. The summed E-state index contributed by atoms with van der Waals surface area (Å²) in [6, 6.07) is 4.37. The predicted octanol–water partition coefficient (Wildman–Crippen LogP) is 2.42. The minimum atomic E-state index is 0.119. The molecule has 0 radical (unpaired) electrons. The summed E-state index contributed by atoms with van der Waals surface area (Å²) in [6.07, 6.45) is 6.76. The van der Waals surface area contributed by atoms with Crippen LogP contribution in [0.4, 0.5) is 5.13 Å². The van der Waals surface area contributed by atoms with Crippen molar-refractivity contribution in [3.8, 4) is 0 Å². The molecule has 6 nitrogen and oxygen atoms in total. The van der Waals surface area contributed by atoms with Crippen molar-refractivity contribution in [3.05, 3.63) is 40.7 Å². The van der Waals surface area contributed by atoms with Crippen LogP contribution in [-0.4, -0.2) is 51.4 Å². The Morgan fingerprint density at radius 2 is 2.23 bits per heavy atom. The van der Waals surface area contributed by atoms with Crippen LogP contribution in [0, 0.1) is 5.92 Å². The van der Waals surface area contributed by atoms with Crippen molar-refractivity contribution < 1.29 is 4.79 Å². The maximum Gasteiger partial charge on any atom is 0.266 e. The Kier molecular flexibility index (Phi) is 4.91. The van der Waals surface area contributed by atoms with Crippen molar-refractivity contribution >= 4 is 22.4 Å². The van der Waals surface area contributed by atoms with Gasteiger partial charge in [-0.05, 0) is 36.8 Å². The largest absolute Gasteiger partial charge is 0.375 e. The molecular formula is C19H25N5OS. The number of nitrogens with zero attached hydrogens (tertiary/aromatic N) is 4. The quantitative estimate of drug-likeness (QED) is 0.893. The summed E-state index contributed by atoms with van der Waals surface area (Å²) >= 11 is 1.33.